The highest BCUT2D eigenvalue weighted by molar-refractivity contribution is 5.94. The smallest absolute Gasteiger partial charge is 0.300 e. The number of allylic oxidation sites excluding steroid dienone is 1. The Morgan fingerprint density at radius 2 is 1.83 bits per heavy atom. The second kappa shape index (κ2) is 11.6. The number of hydrogen-bond donors (Lipinski definition) is 1. The Morgan fingerprint density at radius 3 is 2.43 bits per heavy atom. The maximum atomic E-state index is 13.3. The van der Waals surface area contributed by atoms with Crippen LogP contribution in [0.15, 0.2) is 54.0 Å². The van der Waals surface area contributed by atoms with Crippen molar-refractivity contribution < 1.29 is 9.90 Å². The molecular weight excluding hydrogens is 438 g/mol. The van der Waals surface area contributed by atoms with Gasteiger partial charge in [-0.25, -0.2) is 10.1 Å². The van der Waals surface area contributed by atoms with Crippen LogP contribution in [0.3, 0.4) is 0 Å². The van der Waals surface area contributed by atoms with E-state index in [0.717, 1.165) is 16.8 Å². The number of aryl methyl sites for hydroxylation is 2. The van der Waals surface area contributed by atoms with Crippen LogP contribution in [0.5, 0.6) is 0 Å². The zero-order valence-corrected chi connectivity index (χ0v) is 21.0. The molecule has 0 spiro atoms. The summed E-state index contributed by atoms with van der Waals surface area (Å²) in [6.07, 6.45) is 0.249. The van der Waals surface area contributed by atoms with Crippen molar-refractivity contribution >= 4 is 11.6 Å². The number of anilines is 1. The van der Waals surface area contributed by atoms with Crippen LogP contribution < -0.4 is 4.90 Å². The molecular formula is C28H33N5O2. The van der Waals surface area contributed by atoms with Crippen molar-refractivity contribution in [3.8, 4) is 6.07 Å². The molecule has 0 bridgehead atoms. The van der Waals surface area contributed by atoms with Crippen LogP contribution in [0.25, 0.3) is 4.85 Å². The summed E-state index contributed by atoms with van der Waals surface area (Å²) in [4.78, 5) is 22.6. The average Bonchev–Trinajstić information content (AvgIpc) is 3.20. The fraction of sp³-hybridized carbons (Fsp3) is 0.393. The number of benzene rings is 2. The average molecular weight is 472 g/mol. The number of carbonyl (C=O) groups excluding carboxylic acids is 1. The number of nitrogens with zero attached hydrogens (tertiary/aromatic N) is 5. The minimum absolute atomic E-state index is 0.0384. The van der Waals surface area contributed by atoms with Gasteiger partial charge in [0.05, 0.1) is 19.2 Å². The summed E-state index contributed by atoms with van der Waals surface area (Å²) >= 11 is 0. The molecule has 0 aliphatic carbocycles. The molecule has 1 N–H and O–H groups in total. The first kappa shape index (κ1) is 25.8. The van der Waals surface area contributed by atoms with Crippen LogP contribution in [-0.2, 0) is 17.9 Å². The Balaban J connectivity index is 1.79. The van der Waals surface area contributed by atoms with E-state index in [2.05, 4.69) is 47.9 Å². The molecule has 0 aromatic heterocycles. The van der Waals surface area contributed by atoms with E-state index in [9.17, 15) is 15.2 Å². The molecule has 0 saturated carbocycles. The van der Waals surface area contributed by atoms with Crippen molar-refractivity contribution in [3.63, 3.8) is 0 Å². The molecule has 7 heteroatoms. The number of aliphatic hydroxyl groups is 1. The molecule has 0 atom stereocenters. The van der Waals surface area contributed by atoms with Gasteiger partial charge >= 0.3 is 5.70 Å². The fourth-order valence-corrected chi connectivity index (χ4v) is 4.72. The zero-order valence-electron chi connectivity index (χ0n) is 21.0. The van der Waals surface area contributed by atoms with Crippen LogP contribution in [-0.4, -0.2) is 46.5 Å². The largest absolute Gasteiger partial charge is 0.392 e. The van der Waals surface area contributed by atoms with Gasteiger partial charge in [0.2, 0.25) is 5.91 Å². The topological polar surface area (TPSA) is 75.2 Å². The third kappa shape index (κ3) is 6.20. The predicted molar refractivity (Wildman–Crippen MR) is 137 cm³/mol. The Kier molecular flexibility index (Phi) is 8.52. The van der Waals surface area contributed by atoms with Gasteiger partial charge in [0.25, 0.3) is 0 Å². The highest BCUT2D eigenvalue weighted by Gasteiger charge is 2.30. The van der Waals surface area contributed by atoms with E-state index >= 15 is 0 Å². The van der Waals surface area contributed by atoms with Gasteiger partial charge in [-0.2, -0.15) is 0 Å². The number of aliphatic hydroxyl groups excluding tert-OH is 1. The summed E-state index contributed by atoms with van der Waals surface area (Å²) in [6.45, 7) is 17.9. The molecule has 35 heavy (non-hydrogen) atoms. The molecule has 1 aliphatic rings. The monoisotopic (exact) mass is 471 g/mol. The maximum Gasteiger partial charge on any atom is 0.300 e. The molecule has 1 fully saturated rings. The van der Waals surface area contributed by atoms with Gasteiger partial charge < -0.3 is 19.8 Å². The van der Waals surface area contributed by atoms with E-state index < -0.39 is 0 Å². The van der Waals surface area contributed by atoms with Crippen LogP contribution >= 0.6 is 0 Å². The Hall–Kier alpha value is -3.81. The van der Waals surface area contributed by atoms with Crippen LogP contribution in [0.1, 0.15) is 42.5 Å². The van der Waals surface area contributed by atoms with Gasteiger partial charge in [-0.15, -0.1) is 0 Å². The van der Waals surface area contributed by atoms with Crippen molar-refractivity contribution in [3.05, 3.63) is 87.7 Å². The zero-order chi connectivity index (χ0) is 25.5. The second-order valence-corrected chi connectivity index (χ2v) is 9.24. The second-order valence-electron chi connectivity index (χ2n) is 9.24. The van der Waals surface area contributed by atoms with Gasteiger partial charge in [-0.1, -0.05) is 41.5 Å². The van der Waals surface area contributed by atoms with Crippen LogP contribution in [0.2, 0.25) is 0 Å². The summed E-state index contributed by atoms with van der Waals surface area (Å²) in [5.74, 6) is 0.566. The van der Waals surface area contributed by atoms with E-state index in [-0.39, 0.29) is 30.7 Å². The van der Waals surface area contributed by atoms with E-state index in [4.69, 9.17) is 6.57 Å². The molecule has 7 nitrogen and oxygen atoms in total. The number of rotatable bonds is 8. The molecule has 3 rings (SSSR count). The fourth-order valence-electron chi connectivity index (χ4n) is 4.72. The number of amides is 1. The van der Waals surface area contributed by atoms with E-state index in [1.165, 1.54) is 11.1 Å². The lowest BCUT2D eigenvalue weighted by molar-refractivity contribution is -0.119. The molecule has 0 unspecified atom stereocenters. The lowest BCUT2D eigenvalue weighted by Gasteiger charge is -2.29. The van der Waals surface area contributed by atoms with Crippen molar-refractivity contribution in [2.24, 2.45) is 0 Å². The molecule has 1 saturated heterocycles. The Morgan fingerprint density at radius 1 is 1.14 bits per heavy atom. The van der Waals surface area contributed by atoms with Gasteiger partial charge in [0.1, 0.15) is 5.82 Å². The van der Waals surface area contributed by atoms with E-state index in [0.29, 0.717) is 32.0 Å². The van der Waals surface area contributed by atoms with Gasteiger partial charge in [-0.3, -0.25) is 4.79 Å². The molecule has 2 aromatic carbocycles. The first-order valence-electron chi connectivity index (χ1n) is 11.9. The summed E-state index contributed by atoms with van der Waals surface area (Å²) < 4.78 is 0. The highest BCUT2D eigenvalue weighted by Crippen LogP contribution is 2.27. The van der Waals surface area contributed by atoms with Gasteiger partial charge in [-0.05, 0) is 51.0 Å². The normalized spacial score (nSPS) is 14.6. The summed E-state index contributed by atoms with van der Waals surface area (Å²) in [5, 5.41) is 19.1. The minimum atomic E-state index is -0.0836. The van der Waals surface area contributed by atoms with Crippen molar-refractivity contribution in [2.45, 2.75) is 53.3 Å². The maximum absolute atomic E-state index is 13.3. The predicted octanol–water partition coefficient (Wildman–Crippen LogP) is 4.36. The highest BCUT2D eigenvalue weighted by atomic mass is 16.3. The molecule has 1 heterocycles. The summed E-state index contributed by atoms with van der Waals surface area (Å²) in [6, 6.07) is 15.7. The van der Waals surface area contributed by atoms with Crippen molar-refractivity contribution in [1.29, 1.82) is 5.26 Å². The van der Waals surface area contributed by atoms with Crippen molar-refractivity contribution in [2.75, 3.05) is 24.5 Å². The van der Waals surface area contributed by atoms with Crippen LogP contribution in [0, 0.1) is 31.8 Å². The van der Waals surface area contributed by atoms with E-state index in [1.54, 1.807) is 4.90 Å². The molecule has 182 valence electrons. The van der Waals surface area contributed by atoms with Gasteiger partial charge in [0, 0.05) is 44.3 Å². The minimum Gasteiger partial charge on any atom is -0.392 e. The molecule has 2 aromatic rings. The third-order valence-electron chi connectivity index (χ3n) is 6.08. The Bertz CT molecular complexity index is 1150. The Labute approximate surface area is 208 Å². The van der Waals surface area contributed by atoms with Crippen LogP contribution in [0.4, 0.5) is 5.69 Å². The first-order valence-corrected chi connectivity index (χ1v) is 11.9. The lowest BCUT2D eigenvalue weighted by Crippen LogP contribution is -2.39. The molecule has 1 aliphatic heterocycles. The first-order chi connectivity index (χ1) is 16.8. The van der Waals surface area contributed by atoms with Crippen molar-refractivity contribution in [1.82, 2.24) is 9.80 Å². The van der Waals surface area contributed by atoms with E-state index in [1.807, 2.05) is 43.0 Å². The number of hydrogen-bond acceptors (Lipinski definition) is 5. The standard InChI is InChI=1S/C28H33N5O2/c1-20(2)33(25-8-6-7-23(16-25)19-34)27(35)9-10-31-11-12-32(28(31)26(17-29)30-5)18-24-14-21(3)13-22(4)15-24/h6-8,13-16,20,34H,9-12,18-19H2,1-4H3. The third-order valence-corrected chi connectivity index (χ3v) is 6.08. The number of nitriles is 1. The summed E-state index contributed by atoms with van der Waals surface area (Å²) in [7, 11) is 0. The SMILES string of the molecule is [C-]#[N+]C(C#N)=C1N(CCC(=O)N(c2cccc(CO)c2)C(C)C)CCN1Cc1cc(C)cc(C)c1. The summed E-state index contributed by atoms with van der Waals surface area (Å²) in [5.41, 5.74) is 5.05. The van der Waals surface area contributed by atoms with Gasteiger partial charge in [0.15, 0.2) is 0 Å². The molecule has 0 radical (unpaired) electrons. The molecule has 1 amide bonds. The quantitative estimate of drug-likeness (QED) is 0.457. The number of carbonyl (C=O) groups is 1. The lowest BCUT2D eigenvalue weighted by atomic mass is 10.1.